The number of H-pyrrole nitrogens is 1. The van der Waals surface area contributed by atoms with Crippen LogP contribution in [0.2, 0.25) is 0 Å². The number of nitrogen functional groups attached to an aromatic ring is 1. The molecule has 0 unspecified atom stereocenters. The number of nitrogens with two attached hydrogens (primary N) is 1. The van der Waals surface area contributed by atoms with Crippen LogP contribution in [0.5, 0.6) is 5.75 Å². The first-order valence-corrected chi connectivity index (χ1v) is 9.55. The summed E-state index contributed by atoms with van der Waals surface area (Å²) in [4.78, 5) is 19.8. The number of aromatic nitrogens is 3. The number of nitrogens with zero attached hydrogens (tertiary/aromatic N) is 4. The zero-order chi connectivity index (χ0) is 20.2. The Hall–Kier alpha value is -3.39. The standard InChI is InChI=1S/C21H24N6O2/c1-29-18-8-4-16(5-9-18)19-20(28)23-21(25-24-19)27-12-10-26(11-13-27)14-15-2-6-17(22)7-3-15/h2-9H,10-14,22H2,1H3,(H,23,25,28). The van der Waals surface area contributed by atoms with Crippen molar-refractivity contribution in [2.24, 2.45) is 0 Å². The molecule has 8 nitrogen and oxygen atoms in total. The normalized spacial score (nSPS) is 14.7. The summed E-state index contributed by atoms with van der Waals surface area (Å²) < 4.78 is 5.15. The molecule has 1 aliphatic rings. The summed E-state index contributed by atoms with van der Waals surface area (Å²) in [7, 11) is 1.60. The smallest absolute Gasteiger partial charge is 0.279 e. The van der Waals surface area contributed by atoms with Gasteiger partial charge in [-0.25, -0.2) is 0 Å². The average molecular weight is 392 g/mol. The summed E-state index contributed by atoms with van der Waals surface area (Å²) in [6.07, 6.45) is 0. The molecule has 0 amide bonds. The second-order valence-electron chi connectivity index (χ2n) is 7.06. The molecule has 0 spiro atoms. The lowest BCUT2D eigenvalue weighted by atomic mass is 10.1. The van der Waals surface area contributed by atoms with Crippen LogP contribution in [-0.2, 0) is 6.54 Å². The zero-order valence-electron chi connectivity index (χ0n) is 16.3. The number of hydrogen-bond donors (Lipinski definition) is 2. The molecule has 0 saturated carbocycles. The van der Waals surface area contributed by atoms with Gasteiger partial charge >= 0.3 is 0 Å². The van der Waals surface area contributed by atoms with Crippen molar-refractivity contribution < 1.29 is 4.74 Å². The van der Waals surface area contributed by atoms with Crippen LogP contribution in [0.3, 0.4) is 0 Å². The number of ether oxygens (including phenoxy) is 1. The molecule has 8 heteroatoms. The van der Waals surface area contributed by atoms with Gasteiger partial charge in [0.1, 0.15) is 5.75 Å². The number of rotatable bonds is 5. The van der Waals surface area contributed by atoms with Crippen LogP contribution < -0.4 is 20.9 Å². The topological polar surface area (TPSA) is 100 Å². The highest BCUT2D eigenvalue weighted by Crippen LogP contribution is 2.18. The van der Waals surface area contributed by atoms with Crippen LogP contribution in [0, 0.1) is 0 Å². The molecule has 0 aliphatic carbocycles. The maximum absolute atomic E-state index is 12.5. The minimum absolute atomic E-state index is 0.246. The minimum Gasteiger partial charge on any atom is -0.497 e. The largest absolute Gasteiger partial charge is 0.497 e. The van der Waals surface area contributed by atoms with Crippen LogP contribution >= 0.6 is 0 Å². The molecular weight excluding hydrogens is 368 g/mol. The third-order valence-electron chi connectivity index (χ3n) is 5.11. The van der Waals surface area contributed by atoms with Gasteiger partial charge in [0, 0.05) is 44.0 Å². The summed E-state index contributed by atoms with van der Waals surface area (Å²) in [6.45, 7) is 4.21. The molecular formula is C21H24N6O2. The maximum atomic E-state index is 12.5. The van der Waals surface area contributed by atoms with Crippen LogP contribution in [0.15, 0.2) is 53.3 Å². The number of anilines is 2. The fourth-order valence-electron chi connectivity index (χ4n) is 3.41. The van der Waals surface area contributed by atoms with E-state index in [1.807, 2.05) is 12.1 Å². The predicted octanol–water partition coefficient (Wildman–Crippen LogP) is 1.74. The molecule has 3 aromatic rings. The van der Waals surface area contributed by atoms with Gasteiger partial charge in [-0.15, -0.1) is 10.2 Å². The monoisotopic (exact) mass is 392 g/mol. The van der Waals surface area contributed by atoms with Gasteiger partial charge in [-0.3, -0.25) is 14.7 Å². The summed E-state index contributed by atoms with van der Waals surface area (Å²) in [5.41, 5.74) is 8.53. The van der Waals surface area contributed by atoms with E-state index in [0.717, 1.165) is 44.2 Å². The molecule has 2 heterocycles. The Labute approximate surface area is 168 Å². The van der Waals surface area contributed by atoms with Crippen LogP contribution in [0.4, 0.5) is 11.6 Å². The van der Waals surface area contributed by atoms with Crippen molar-refractivity contribution in [3.63, 3.8) is 0 Å². The lowest BCUT2D eigenvalue weighted by Gasteiger charge is -2.34. The number of hydrogen-bond acceptors (Lipinski definition) is 7. The van der Waals surface area contributed by atoms with Crippen LogP contribution in [0.1, 0.15) is 5.56 Å². The predicted molar refractivity (Wildman–Crippen MR) is 113 cm³/mol. The first-order chi connectivity index (χ1) is 14.1. The van der Waals surface area contributed by atoms with Gasteiger partial charge in [0.15, 0.2) is 5.69 Å². The van der Waals surface area contributed by atoms with Crippen molar-refractivity contribution in [1.82, 2.24) is 20.1 Å². The fraction of sp³-hybridized carbons (Fsp3) is 0.286. The number of methoxy groups -OCH3 is 1. The molecule has 1 fully saturated rings. The van der Waals surface area contributed by atoms with E-state index in [0.29, 0.717) is 17.2 Å². The molecule has 0 bridgehead atoms. The summed E-state index contributed by atoms with van der Waals surface area (Å²) in [6, 6.07) is 15.2. The quantitative estimate of drug-likeness (QED) is 0.638. The van der Waals surface area contributed by atoms with Crippen molar-refractivity contribution in [2.75, 3.05) is 43.9 Å². The molecule has 4 rings (SSSR count). The Kier molecular flexibility index (Phi) is 5.44. The van der Waals surface area contributed by atoms with Gasteiger partial charge < -0.3 is 15.4 Å². The second-order valence-corrected chi connectivity index (χ2v) is 7.06. The highest BCUT2D eigenvalue weighted by atomic mass is 16.5. The second kappa shape index (κ2) is 8.32. The van der Waals surface area contributed by atoms with Crippen molar-refractivity contribution in [3.05, 3.63) is 64.4 Å². The summed E-state index contributed by atoms with van der Waals surface area (Å²) >= 11 is 0. The highest BCUT2D eigenvalue weighted by Gasteiger charge is 2.20. The minimum atomic E-state index is -0.246. The Bertz CT molecular complexity index is 1010. The van der Waals surface area contributed by atoms with E-state index in [1.54, 1.807) is 31.4 Å². The highest BCUT2D eigenvalue weighted by molar-refractivity contribution is 5.59. The van der Waals surface area contributed by atoms with E-state index in [4.69, 9.17) is 10.5 Å². The van der Waals surface area contributed by atoms with Crippen molar-refractivity contribution in [1.29, 1.82) is 0 Å². The number of aromatic amines is 1. The van der Waals surface area contributed by atoms with E-state index < -0.39 is 0 Å². The molecule has 0 atom stereocenters. The Morgan fingerprint density at radius 2 is 1.69 bits per heavy atom. The summed E-state index contributed by atoms with van der Waals surface area (Å²) in [5, 5.41) is 8.43. The van der Waals surface area contributed by atoms with E-state index in [9.17, 15) is 4.79 Å². The fourth-order valence-corrected chi connectivity index (χ4v) is 3.41. The van der Waals surface area contributed by atoms with Gasteiger partial charge in [-0.2, -0.15) is 0 Å². The molecule has 150 valence electrons. The lowest BCUT2D eigenvalue weighted by molar-refractivity contribution is 0.248. The molecule has 1 aromatic heterocycles. The van der Waals surface area contributed by atoms with Gasteiger partial charge in [0.25, 0.3) is 5.56 Å². The van der Waals surface area contributed by atoms with Crippen molar-refractivity contribution in [3.8, 4) is 17.0 Å². The van der Waals surface area contributed by atoms with Crippen LogP contribution in [0.25, 0.3) is 11.3 Å². The Morgan fingerprint density at radius 1 is 1.00 bits per heavy atom. The molecule has 1 aliphatic heterocycles. The molecule has 0 radical (unpaired) electrons. The summed E-state index contributed by atoms with van der Waals surface area (Å²) in [5.74, 6) is 1.24. The Balaban J connectivity index is 1.40. The van der Waals surface area contributed by atoms with Crippen LogP contribution in [-0.4, -0.2) is 53.4 Å². The first-order valence-electron chi connectivity index (χ1n) is 9.55. The third kappa shape index (κ3) is 4.38. The van der Waals surface area contributed by atoms with Crippen molar-refractivity contribution >= 4 is 11.6 Å². The van der Waals surface area contributed by atoms with Crippen molar-refractivity contribution in [2.45, 2.75) is 6.54 Å². The Morgan fingerprint density at radius 3 is 2.31 bits per heavy atom. The number of piperazine rings is 1. The SMILES string of the molecule is COc1ccc(-c2nnc(N3CCN(Cc4ccc(N)cc4)CC3)[nH]c2=O)cc1. The number of benzene rings is 2. The molecule has 1 saturated heterocycles. The van der Waals surface area contributed by atoms with E-state index in [-0.39, 0.29) is 5.56 Å². The third-order valence-corrected chi connectivity index (χ3v) is 5.11. The van der Waals surface area contributed by atoms with Gasteiger partial charge in [-0.05, 0) is 42.0 Å². The van der Waals surface area contributed by atoms with E-state index in [1.165, 1.54) is 5.56 Å². The van der Waals surface area contributed by atoms with Gasteiger partial charge in [0.05, 0.1) is 7.11 Å². The van der Waals surface area contributed by atoms with E-state index >= 15 is 0 Å². The number of nitrogens with one attached hydrogen (secondary N) is 1. The maximum Gasteiger partial charge on any atom is 0.279 e. The average Bonchev–Trinajstić information content (AvgIpc) is 2.76. The van der Waals surface area contributed by atoms with E-state index in [2.05, 4.69) is 37.1 Å². The zero-order valence-corrected chi connectivity index (χ0v) is 16.3. The molecule has 3 N–H and O–H groups in total. The first kappa shape index (κ1) is 18.9. The molecule has 29 heavy (non-hydrogen) atoms. The van der Waals surface area contributed by atoms with Gasteiger partial charge in [0.2, 0.25) is 5.95 Å². The molecule has 2 aromatic carbocycles. The lowest BCUT2D eigenvalue weighted by Crippen LogP contribution is -2.47. The van der Waals surface area contributed by atoms with Gasteiger partial charge in [-0.1, -0.05) is 12.1 Å².